The fourth-order valence-electron chi connectivity index (χ4n) is 5.09. The number of alkyl halides is 4. The van der Waals surface area contributed by atoms with Crippen LogP contribution in [0.25, 0.3) is 22.8 Å². The number of nitrogens with one attached hydrogen (secondary N) is 1. The third-order valence-corrected chi connectivity index (χ3v) is 8.92. The summed E-state index contributed by atoms with van der Waals surface area (Å²) in [7, 11) is 1.82. The quantitative estimate of drug-likeness (QED) is 0.215. The van der Waals surface area contributed by atoms with Crippen molar-refractivity contribution in [1.82, 2.24) is 25.1 Å². The number of hydrogen-bond acceptors (Lipinski definition) is 7. The second-order valence-electron chi connectivity index (χ2n) is 10.8. The number of rotatable bonds is 12. The zero-order valence-electron chi connectivity index (χ0n) is 23.8. The SMILES string of the molecule is CCC[C@@H](O)COc1ccc(Cl)c(-c2nc(-c3c(C)c(Br)nn3C)c(C)c(N3CC(CCl)(CNCC(F)(F)F)C3)n2)c1. The number of halogens is 6. The first-order chi connectivity index (χ1) is 19.8. The molecule has 0 bridgehead atoms. The van der Waals surface area contributed by atoms with Gasteiger partial charge < -0.3 is 20.1 Å². The Morgan fingerprint density at radius 1 is 1.21 bits per heavy atom. The van der Waals surface area contributed by atoms with E-state index in [1.165, 1.54) is 0 Å². The van der Waals surface area contributed by atoms with E-state index in [-0.39, 0.29) is 19.0 Å². The Kier molecular flexibility index (Phi) is 10.3. The summed E-state index contributed by atoms with van der Waals surface area (Å²) >= 11 is 16.4. The lowest BCUT2D eigenvalue weighted by Gasteiger charge is -2.50. The van der Waals surface area contributed by atoms with Gasteiger partial charge in [-0.15, -0.1) is 11.6 Å². The third kappa shape index (κ3) is 7.32. The van der Waals surface area contributed by atoms with E-state index in [2.05, 4.69) is 26.3 Å². The van der Waals surface area contributed by atoms with Crippen LogP contribution in [0.5, 0.6) is 5.75 Å². The largest absolute Gasteiger partial charge is 0.491 e. The molecule has 1 aliphatic heterocycles. The summed E-state index contributed by atoms with van der Waals surface area (Å²) in [6.07, 6.45) is -3.43. The van der Waals surface area contributed by atoms with Gasteiger partial charge in [0.25, 0.3) is 0 Å². The molecule has 1 aliphatic rings. The average Bonchev–Trinajstić information content (AvgIpc) is 3.15. The molecule has 2 aromatic heterocycles. The van der Waals surface area contributed by atoms with Crippen LogP contribution >= 0.6 is 39.1 Å². The molecule has 0 radical (unpaired) electrons. The second kappa shape index (κ2) is 13.3. The van der Waals surface area contributed by atoms with Gasteiger partial charge in [0, 0.05) is 54.7 Å². The van der Waals surface area contributed by atoms with Crippen molar-refractivity contribution in [2.75, 3.05) is 43.6 Å². The third-order valence-electron chi connectivity index (χ3n) is 7.27. The van der Waals surface area contributed by atoms with Crippen LogP contribution in [0, 0.1) is 19.3 Å². The zero-order chi connectivity index (χ0) is 30.8. The number of aliphatic hydroxyl groups excluding tert-OH is 1. The first-order valence-corrected chi connectivity index (χ1v) is 15.3. The maximum absolute atomic E-state index is 12.7. The molecule has 1 saturated heterocycles. The van der Waals surface area contributed by atoms with Crippen molar-refractivity contribution in [1.29, 1.82) is 0 Å². The summed E-state index contributed by atoms with van der Waals surface area (Å²) < 4.78 is 46.5. The molecule has 1 atom stereocenters. The molecule has 0 saturated carbocycles. The van der Waals surface area contributed by atoms with Crippen molar-refractivity contribution in [2.24, 2.45) is 12.5 Å². The van der Waals surface area contributed by atoms with E-state index < -0.39 is 24.2 Å². The molecule has 1 fully saturated rings. The van der Waals surface area contributed by atoms with E-state index in [4.69, 9.17) is 37.9 Å². The van der Waals surface area contributed by atoms with Crippen LogP contribution in [0.4, 0.5) is 19.0 Å². The van der Waals surface area contributed by atoms with Gasteiger partial charge in [0.15, 0.2) is 5.82 Å². The Hall–Kier alpha value is -2.12. The molecule has 8 nitrogen and oxygen atoms in total. The molecule has 0 aliphatic carbocycles. The van der Waals surface area contributed by atoms with Crippen LogP contribution in [0.15, 0.2) is 22.8 Å². The number of aromatic nitrogens is 4. The molecule has 1 aromatic carbocycles. The molecule has 2 N–H and O–H groups in total. The first kappa shape index (κ1) is 32.8. The average molecular weight is 694 g/mol. The molecule has 3 aromatic rings. The van der Waals surface area contributed by atoms with E-state index >= 15 is 0 Å². The smallest absolute Gasteiger partial charge is 0.401 e. The number of nitrogens with zero attached hydrogens (tertiary/aromatic N) is 5. The van der Waals surface area contributed by atoms with Crippen molar-refractivity contribution in [3.05, 3.63) is 39.0 Å². The number of aryl methyl sites for hydroxylation is 1. The maximum atomic E-state index is 12.7. The number of anilines is 1. The lowest BCUT2D eigenvalue weighted by atomic mass is 9.81. The molecule has 42 heavy (non-hydrogen) atoms. The highest BCUT2D eigenvalue weighted by Crippen LogP contribution is 2.41. The first-order valence-electron chi connectivity index (χ1n) is 13.5. The Morgan fingerprint density at radius 2 is 1.93 bits per heavy atom. The number of hydrogen-bond donors (Lipinski definition) is 2. The van der Waals surface area contributed by atoms with E-state index in [1.807, 2.05) is 32.7 Å². The predicted octanol–water partition coefficient (Wildman–Crippen LogP) is 6.31. The van der Waals surface area contributed by atoms with Gasteiger partial charge in [-0.1, -0.05) is 24.9 Å². The van der Waals surface area contributed by atoms with Crippen molar-refractivity contribution in [3.8, 4) is 28.5 Å². The van der Waals surface area contributed by atoms with E-state index in [9.17, 15) is 18.3 Å². The van der Waals surface area contributed by atoms with Gasteiger partial charge in [-0.25, -0.2) is 9.97 Å². The van der Waals surface area contributed by atoms with Crippen molar-refractivity contribution >= 4 is 44.9 Å². The molecule has 0 amide bonds. The van der Waals surface area contributed by atoms with Crippen LogP contribution in [-0.4, -0.2) is 75.8 Å². The molecule has 0 spiro atoms. The highest BCUT2D eigenvalue weighted by Gasteiger charge is 2.44. The number of aliphatic hydroxyl groups is 1. The lowest BCUT2D eigenvalue weighted by molar-refractivity contribution is -0.125. The van der Waals surface area contributed by atoms with Gasteiger partial charge in [-0.05, 0) is 54.4 Å². The van der Waals surface area contributed by atoms with Gasteiger partial charge in [0.1, 0.15) is 22.8 Å². The van der Waals surface area contributed by atoms with Gasteiger partial charge in [-0.3, -0.25) is 4.68 Å². The van der Waals surface area contributed by atoms with E-state index in [0.29, 0.717) is 57.8 Å². The van der Waals surface area contributed by atoms with Crippen LogP contribution < -0.4 is 15.0 Å². The Labute approximate surface area is 261 Å². The molecule has 0 unspecified atom stereocenters. The Morgan fingerprint density at radius 3 is 2.52 bits per heavy atom. The van der Waals surface area contributed by atoms with Crippen molar-refractivity contribution in [3.63, 3.8) is 0 Å². The minimum Gasteiger partial charge on any atom is -0.491 e. The molecule has 4 rings (SSSR count). The monoisotopic (exact) mass is 692 g/mol. The Bertz CT molecular complexity index is 1420. The van der Waals surface area contributed by atoms with Gasteiger partial charge >= 0.3 is 6.18 Å². The summed E-state index contributed by atoms with van der Waals surface area (Å²) in [6, 6.07) is 5.16. The Balaban J connectivity index is 1.73. The van der Waals surface area contributed by atoms with Crippen LogP contribution in [-0.2, 0) is 7.05 Å². The summed E-state index contributed by atoms with van der Waals surface area (Å²) in [5.41, 5.74) is 3.10. The fraction of sp³-hybridized carbons (Fsp3) is 0.536. The number of ether oxygens (including phenoxy) is 1. The molecule has 3 heterocycles. The van der Waals surface area contributed by atoms with Gasteiger partial charge in [-0.2, -0.15) is 18.3 Å². The van der Waals surface area contributed by atoms with E-state index in [1.54, 1.807) is 22.9 Å². The topological polar surface area (TPSA) is 88.3 Å². The molecular formula is C28H34BrCl2F3N6O2. The van der Waals surface area contributed by atoms with Crippen LogP contribution in [0.1, 0.15) is 30.9 Å². The molecular weight excluding hydrogens is 660 g/mol. The fourth-order valence-corrected chi connectivity index (χ4v) is 5.98. The summed E-state index contributed by atoms with van der Waals surface area (Å²) in [4.78, 5) is 11.8. The highest BCUT2D eigenvalue weighted by atomic mass is 79.9. The normalized spacial score (nSPS) is 15.5. The van der Waals surface area contributed by atoms with Gasteiger partial charge in [0.2, 0.25) is 0 Å². The minimum absolute atomic E-state index is 0.124. The predicted molar refractivity (Wildman–Crippen MR) is 163 cm³/mol. The lowest BCUT2D eigenvalue weighted by Crippen LogP contribution is -2.62. The standard InChI is InChI=1S/C28H34BrCl2F3N6O2/c1-5-6-18(41)10-42-19-7-8-21(31)20(9-19)25-36-22(23-17(3)24(29)38-39(23)4)16(2)26(37-25)40-14-27(11-30,15-40)12-35-13-28(32,33)34/h7-9,18,35,41H,5-6,10-15H2,1-4H3/t18-/m1/s1. The zero-order valence-corrected chi connectivity index (χ0v) is 26.9. The van der Waals surface area contributed by atoms with Crippen molar-refractivity contribution in [2.45, 2.75) is 45.9 Å². The van der Waals surface area contributed by atoms with Crippen LogP contribution in [0.3, 0.4) is 0 Å². The van der Waals surface area contributed by atoms with Crippen LogP contribution in [0.2, 0.25) is 5.02 Å². The van der Waals surface area contributed by atoms with Crippen molar-refractivity contribution < 1.29 is 23.0 Å². The molecule has 230 valence electrons. The molecule has 14 heteroatoms. The highest BCUT2D eigenvalue weighted by molar-refractivity contribution is 9.10. The summed E-state index contributed by atoms with van der Waals surface area (Å²) in [6.45, 7) is 5.85. The number of benzene rings is 1. The minimum atomic E-state index is -4.30. The second-order valence-corrected chi connectivity index (χ2v) is 12.3. The summed E-state index contributed by atoms with van der Waals surface area (Å²) in [5.74, 6) is 1.69. The maximum Gasteiger partial charge on any atom is 0.401 e. The summed E-state index contributed by atoms with van der Waals surface area (Å²) in [5, 5.41) is 17.5. The van der Waals surface area contributed by atoms with E-state index in [0.717, 1.165) is 23.2 Å². The van der Waals surface area contributed by atoms with Gasteiger partial charge in [0.05, 0.1) is 29.1 Å².